The number of aromatic carboxylic acids is 1. The number of carbonyl (C=O) groups is 3. The van der Waals surface area contributed by atoms with Gasteiger partial charge >= 0.3 is 5.97 Å². The van der Waals surface area contributed by atoms with Gasteiger partial charge in [-0.25, -0.2) is 4.79 Å². The molecule has 8 heteroatoms. The molecule has 142 valence electrons. The highest BCUT2D eigenvalue weighted by Gasteiger charge is 2.25. The second-order valence-corrected chi connectivity index (χ2v) is 7.44. The van der Waals surface area contributed by atoms with Gasteiger partial charge in [-0.15, -0.1) is 0 Å². The van der Waals surface area contributed by atoms with E-state index in [-0.39, 0.29) is 40.8 Å². The van der Waals surface area contributed by atoms with Crippen molar-refractivity contribution in [1.29, 1.82) is 0 Å². The van der Waals surface area contributed by atoms with Crippen molar-refractivity contribution in [2.75, 3.05) is 32.7 Å². The third kappa shape index (κ3) is 5.45. The van der Waals surface area contributed by atoms with Crippen LogP contribution in [0.5, 0.6) is 5.75 Å². The second-order valence-electron chi connectivity index (χ2n) is 7.44. The first-order valence-electron chi connectivity index (χ1n) is 8.45. The zero-order valence-corrected chi connectivity index (χ0v) is 15.3. The zero-order chi connectivity index (χ0) is 19.5. The lowest BCUT2D eigenvalue weighted by Gasteiger charge is -2.35. The first-order chi connectivity index (χ1) is 12.0. The highest BCUT2D eigenvalue weighted by molar-refractivity contribution is 5.98. The molecular formula is C18H25N3O5. The third-order valence-corrected chi connectivity index (χ3v) is 3.95. The third-order valence-electron chi connectivity index (χ3n) is 3.95. The molecule has 0 spiro atoms. The van der Waals surface area contributed by atoms with E-state index >= 15 is 0 Å². The number of amides is 2. The molecule has 26 heavy (non-hydrogen) atoms. The largest absolute Gasteiger partial charge is 0.508 e. The van der Waals surface area contributed by atoms with E-state index in [0.29, 0.717) is 26.2 Å². The van der Waals surface area contributed by atoms with Crippen molar-refractivity contribution in [3.05, 3.63) is 29.3 Å². The number of nitrogens with zero attached hydrogens (tertiary/aromatic N) is 2. The van der Waals surface area contributed by atoms with E-state index in [0.717, 1.165) is 6.07 Å². The fraction of sp³-hybridized carbons (Fsp3) is 0.500. The lowest BCUT2D eigenvalue weighted by atomic mass is 10.1. The van der Waals surface area contributed by atoms with Crippen LogP contribution in [0, 0.1) is 0 Å². The average Bonchev–Trinajstić information content (AvgIpc) is 2.52. The maximum Gasteiger partial charge on any atom is 0.335 e. The number of phenolic OH excluding ortho intramolecular Hbond substituents is 1. The normalized spacial score (nSPS) is 15.6. The monoisotopic (exact) mass is 363 g/mol. The van der Waals surface area contributed by atoms with Crippen LogP contribution in [0.15, 0.2) is 18.2 Å². The van der Waals surface area contributed by atoms with E-state index in [4.69, 9.17) is 5.11 Å². The Morgan fingerprint density at radius 2 is 1.62 bits per heavy atom. The average molecular weight is 363 g/mol. The second kappa shape index (κ2) is 7.74. The number of phenols is 1. The van der Waals surface area contributed by atoms with Crippen LogP contribution in [-0.2, 0) is 4.79 Å². The molecular weight excluding hydrogens is 338 g/mol. The van der Waals surface area contributed by atoms with Gasteiger partial charge < -0.3 is 20.4 Å². The van der Waals surface area contributed by atoms with Gasteiger partial charge in [-0.05, 0) is 39.0 Å². The summed E-state index contributed by atoms with van der Waals surface area (Å²) in [5, 5.41) is 21.6. The summed E-state index contributed by atoms with van der Waals surface area (Å²) in [5.74, 6) is -1.85. The number of carbonyl (C=O) groups excluding carboxylic acids is 2. The quantitative estimate of drug-likeness (QED) is 0.729. The number of rotatable bonds is 4. The summed E-state index contributed by atoms with van der Waals surface area (Å²) in [6.45, 7) is 7.99. The van der Waals surface area contributed by atoms with Gasteiger partial charge in [-0.2, -0.15) is 0 Å². The van der Waals surface area contributed by atoms with Crippen molar-refractivity contribution in [2.24, 2.45) is 0 Å². The van der Waals surface area contributed by atoms with E-state index in [1.165, 1.54) is 12.1 Å². The minimum Gasteiger partial charge on any atom is -0.508 e. The van der Waals surface area contributed by atoms with Crippen LogP contribution in [0.25, 0.3) is 0 Å². The van der Waals surface area contributed by atoms with Crippen LogP contribution < -0.4 is 5.32 Å². The Morgan fingerprint density at radius 1 is 1.04 bits per heavy atom. The maximum atomic E-state index is 12.6. The summed E-state index contributed by atoms with van der Waals surface area (Å²) in [5.41, 5.74) is -0.279. The lowest BCUT2D eigenvalue weighted by Crippen LogP contribution is -2.52. The zero-order valence-electron chi connectivity index (χ0n) is 15.3. The molecule has 1 aromatic rings. The Balaban J connectivity index is 1.94. The SMILES string of the molecule is CC(C)(C)NC(=O)CN1CCN(C(=O)c2cc(O)cc(C(=O)O)c2)CC1. The van der Waals surface area contributed by atoms with Crippen molar-refractivity contribution in [1.82, 2.24) is 15.1 Å². The number of carboxylic acids is 1. The Hall–Kier alpha value is -2.61. The topological polar surface area (TPSA) is 110 Å². The van der Waals surface area contributed by atoms with E-state index in [1.54, 1.807) is 4.90 Å². The van der Waals surface area contributed by atoms with Crippen molar-refractivity contribution in [3.63, 3.8) is 0 Å². The maximum absolute atomic E-state index is 12.6. The predicted octanol–water partition coefficient (Wildman–Crippen LogP) is 0.763. The lowest BCUT2D eigenvalue weighted by molar-refractivity contribution is -0.124. The Kier molecular flexibility index (Phi) is 5.86. The minimum absolute atomic E-state index is 0.0589. The summed E-state index contributed by atoms with van der Waals surface area (Å²) in [7, 11) is 0. The fourth-order valence-corrected chi connectivity index (χ4v) is 2.81. The molecule has 8 nitrogen and oxygen atoms in total. The molecule has 1 saturated heterocycles. The Bertz CT molecular complexity index is 703. The molecule has 0 aliphatic carbocycles. The molecule has 2 amide bonds. The van der Waals surface area contributed by atoms with E-state index in [9.17, 15) is 19.5 Å². The van der Waals surface area contributed by atoms with Gasteiger partial charge in [0.15, 0.2) is 0 Å². The summed E-state index contributed by atoms with van der Waals surface area (Å²) in [6.07, 6.45) is 0. The van der Waals surface area contributed by atoms with E-state index in [1.807, 2.05) is 25.7 Å². The highest BCUT2D eigenvalue weighted by Crippen LogP contribution is 2.18. The molecule has 0 atom stereocenters. The summed E-state index contributed by atoms with van der Waals surface area (Å²) < 4.78 is 0. The van der Waals surface area contributed by atoms with E-state index in [2.05, 4.69) is 5.32 Å². The molecule has 0 radical (unpaired) electrons. The van der Waals surface area contributed by atoms with Gasteiger partial charge in [0.2, 0.25) is 5.91 Å². The van der Waals surface area contributed by atoms with Crippen LogP contribution in [0.1, 0.15) is 41.5 Å². The molecule has 0 aromatic heterocycles. The molecule has 1 heterocycles. The molecule has 0 unspecified atom stereocenters. The van der Waals surface area contributed by atoms with Gasteiger partial charge in [-0.1, -0.05) is 0 Å². The Morgan fingerprint density at radius 3 is 2.15 bits per heavy atom. The van der Waals surface area contributed by atoms with Crippen LogP contribution in [-0.4, -0.2) is 76.1 Å². The molecule has 1 fully saturated rings. The van der Waals surface area contributed by atoms with Gasteiger partial charge in [0.05, 0.1) is 12.1 Å². The van der Waals surface area contributed by atoms with Gasteiger partial charge in [0.1, 0.15) is 5.75 Å². The molecule has 3 N–H and O–H groups in total. The van der Waals surface area contributed by atoms with Gasteiger partial charge in [-0.3, -0.25) is 14.5 Å². The minimum atomic E-state index is -1.20. The molecule has 1 aromatic carbocycles. The number of aromatic hydroxyl groups is 1. The summed E-state index contributed by atoms with van der Waals surface area (Å²) >= 11 is 0. The highest BCUT2D eigenvalue weighted by atomic mass is 16.4. The fourth-order valence-electron chi connectivity index (χ4n) is 2.81. The summed E-state index contributed by atoms with van der Waals surface area (Å²) in [4.78, 5) is 39.2. The van der Waals surface area contributed by atoms with Gasteiger partial charge in [0.25, 0.3) is 5.91 Å². The first-order valence-corrected chi connectivity index (χ1v) is 8.45. The number of nitrogens with one attached hydrogen (secondary N) is 1. The van der Waals surface area contributed by atoms with Crippen LogP contribution in [0.3, 0.4) is 0 Å². The van der Waals surface area contributed by atoms with Crippen LogP contribution >= 0.6 is 0 Å². The number of hydrogen-bond acceptors (Lipinski definition) is 5. The van der Waals surface area contributed by atoms with Crippen molar-refractivity contribution in [3.8, 4) is 5.75 Å². The van der Waals surface area contributed by atoms with Crippen molar-refractivity contribution in [2.45, 2.75) is 26.3 Å². The number of hydrogen-bond donors (Lipinski definition) is 3. The van der Waals surface area contributed by atoms with E-state index < -0.39 is 5.97 Å². The predicted molar refractivity (Wildman–Crippen MR) is 95.3 cm³/mol. The Labute approximate surface area is 152 Å². The molecule has 0 bridgehead atoms. The molecule has 1 aliphatic heterocycles. The first kappa shape index (κ1) is 19.7. The summed E-state index contributed by atoms with van der Waals surface area (Å²) in [6, 6.07) is 3.62. The molecule has 0 saturated carbocycles. The van der Waals surface area contributed by atoms with Crippen LogP contribution in [0.2, 0.25) is 0 Å². The van der Waals surface area contributed by atoms with Gasteiger partial charge in [0, 0.05) is 37.3 Å². The van der Waals surface area contributed by atoms with Crippen LogP contribution in [0.4, 0.5) is 0 Å². The molecule has 1 aliphatic rings. The smallest absolute Gasteiger partial charge is 0.335 e. The van der Waals surface area contributed by atoms with Crippen molar-refractivity contribution < 1.29 is 24.6 Å². The number of carboxylic acid groups (broad SMARTS) is 1. The number of piperazine rings is 1. The van der Waals surface area contributed by atoms with Crippen molar-refractivity contribution >= 4 is 17.8 Å². The molecule has 2 rings (SSSR count). The number of benzene rings is 1. The standard InChI is InChI=1S/C18H25N3O5/c1-18(2,3)19-15(23)11-20-4-6-21(7-5-20)16(24)12-8-13(17(25)26)10-14(22)9-12/h8-10,22H,4-7,11H2,1-3H3,(H,19,23)(H,25,26).